The monoisotopic (exact) mass is 1450 g/mol. The summed E-state index contributed by atoms with van der Waals surface area (Å²) in [5.41, 5.74) is -4.91. The molecule has 0 bridgehead atoms. The molecule has 0 aromatic rings. The Balaban J connectivity index is 0.904. The van der Waals surface area contributed by atoms with Crippen LogP contribution in [0.4, 0.5) is 0 Å². The molecule has 11 rings (SSSR count). The number of carbonyl (C=O) groups excluding carboxylic acids is 3. The summed E-state index contributed by atoms with van der Waals surface area (Å²) >= 11 is 0. The summed E-state index contributed by atoms with van der Waals surface area (Å²) in [6.07, 6.45) is -48.4. The standard InChI is InChI=1S/C68H106O33/c1-24-36-29-12-13-33-64(8)16-15-35(95-60-52(43(80)42(79)51(97-60)55(86)87)98-59-47(84)41(78)39(76)31(21-69)94-59)65(9,23-70)32(64)14-17-66(33,10)67(29,11)20-34(73)68(36,19-18-63(24,6)7)62(88)101-61-54(53(50(27(4)92-61)93-28(5)71)99-57-46(83)40(77)37(74)25(2)90-57)100-58-48(85)44(81)49(26(3)91-58)96-56-45(82)38(75)30(72)22-89-56/h12,23-27,30-54,56-61,69,72-85H,13-22H2,1-11H3,(H,86,87). The molecule has 0 spiro atoms. The lowest BCUT2D eigenvalue weighted by Crippen LogP contribution is -2.70. The number of hydrogen-bond donors (Lipinski definition) is 16. The minimum atomic E-state index is -2.13. The van der Waals surface area contributed by atoms with Crippen LogP contribution in [-0.4, -0.2) is 309 Å². The number of fused-ring (bicyclic) bond motifs is 7. The highest BCUT2D eigenvalue weighted by atomic mass is 16.8. The summed E-state index contributed by atoms with van der Waals surface area (Å²) in [5, 5.41) is 176. The van der Waals surface area contributed by atoms with Gasteiger partial charge in [0.1, 0.15) is 115 Å². The fraction of sp³-hybridized carbons (Fsp3) is 0.912. The van der Waals surface area contributed by atoms with Crippen LogP contribution < -0.4 is 0 Å². The molecule has 4 saturated carbocycles. The van der Waals surface area contributed by atoms with Gasteiger partial charge in [-0.3, -0.25) is 9.59 Å². The molecule has 11 aliphatic rings. The van der Waals surface area contributed by atoms with Gasteiger partial charge in [-0.15, -0.1) is 0 Å². The van der Waals surface area contributed by atoms with Gasteiger partial charge < -0.3 is 148 Å². The second kappa shape index (κ2) is 29.1. The molecule has 5 aliphatic carbocycles. The molecule has 6 aliphatic heterocycles. The summed E-state index contributed by atoms with van der Waals surface area (Å²) in [4.78, 5) is 55.9. The number of esters is 2. The Morgan fingerprint density at radius 1 is 0.545 bits per heavy atom. The Bertz CT molecular complexity index is 3000. The van der Waals surface area contributed by atoms with Crippen molar-refractivity contribution in [1.82, 2.24) is 0 Å². The molecule has 6 saturated heterocycles. The van der Waals surface area contributed by atoms with Crippen LogP contribution in [0.3, 0.4) is 0 Å². The van der Waals surface area contributed by atoms with Gasteiger partial charge in [0.25, 0.3) is 0 Å². The van der Waals surface area contributed by atoms with Crippen molar-refractivity contribution in [2.24, 2.45) is 56.2 Å². The number of carbonyl (C=O) groups is 4. The van der Waals surface area contributed by atoms with Gasteiger partial charge >= 0.3 is 17.9 Å². The molecule has 16 N–H and O–H groups in total. The Morgan fingerprint density at radius 2 is 1.11 bits per heavy atom. The maximum atomic E-state index is 16.3. The highest BCUT2D eigenvalue weighted by Crippen LogP contribution is 2.76. The smallest absolute Gasteiger partial charge is 0.335 e. The second-order valence-electron chi connectivity index (χ2n) is 32.1. The quantitative estimate of drug-likeness (QED) is 0.0307. The van der Waals surface area contributed by atoms with Crippen molar-refractivity contribution in [3.8, 4) is 0 Å². The number of aliphatic hydroxyl groups is 15. The molecule has 0 amide bonds. The number of aliphatic hydroxyl groups excluding tert-OH is 15. The number of ether oxygens (including phenoxy) is 13. The highest BCUT2D eigenvalue weighted by molar-refractivity contribution is 5.80. The maximum Gasteiger partial charge on any atom is 0.335 e. The summed E-state index contributed by atoms with van der Waals surface area (Å²) in [5.74, 6) is -5.26. The van der Waals surface area contributed by atoms with E-state index in [9.17, 15) is 96.1 Å². The van der Waals surface area contributed by atoms with Crippen LogP contribution >= 0.6 is 0 Å². The van der Waals surface area contributed by atoms with Crippen molar-refractivity contribution < 1.29 is 162 Å². The van der Waals surface area contributed by atoms with Crippen molar-refractivity contribution in [1.29, 1.82) is 0 Å². The first-order chi connectivity index (χ1) is 47.2. The molecule has 6 heterocycles. The van der Waals surface area contributed by atoms with Crippen LogP contribution in [0, 0.1) is 56.2 Å². The number of allylic oxidation sites excluding steroid dienone is 2. The predicted octanol–water partition coefficient (Wildman–Crippen LogP) is -3.61. The molecule has 0 radical (unpaired) electrons. The molecule has 0 aromatic carbocycles. The summed E-state index contributed by atoms with van der Waals surface area (Å²) in [6, 6.07) is 0. The van der Waals surface area contributed by atoms with E-state index in [2.05, 4.69) is 40.7 Å². The number of aliphatic carboxylic acids is 1. The molecular weight excluding hydrogens is 1340 g/mol. The molecule has 40 unspecified atom stereocenters. The van der Waals surface area contributed by atoms with E-state index >= 15 is 4.79 Å². The SMILES string of the molecule is CC(=O)OC1C(C)OC(OC(=O)C23CCC(C)(C)C(C)C2C2=CCC4C5(C)CCC(OC6OC(C(=O)O)C(O)C(O)C6OC6OC(CO)C(O)C(O)C6O)C(C)(C=O)C5CCC4(C)C2(C)CC3O)C(OC2OC(C)C(OC3OCC(O)C(O)C3O)C(O)C2O)C1OC1OC(C)C(O)C(O)C1O. The number of carboxylic acid groups (broad SMARTS) is 1. The number of hydrogen-bond acceptors (Lipinski definition) is 32. The molecule has 576 valence electrons. The van der Waals surface area contributed by atoms with E-state index in [4.69, 9.17) is 61.6 Å². The fourth-order valence-corrected chi connectivity index (χ4v) is 19.6. The fourth-order valence-electron chi connectivity index (χ4n) is 19.6. The first-order valence-electron chi connectivity index (χ1n) is 35.3. The van der Waals surface area contributed by atoms with E-state index in [1.165, 1.54) is 20.8 Å². The zero-order valence-electron chi connectivity index (χ0n) is 58.5. The van der Waals surface area contributed by atoms with E-state index in [-0.39, 0.29) is 31.1 Å². The van der Waals surface area contributed by atoms with Gasteiger partial charge in [-0.1, -0.05) is 60.1 Å². The van der Waals surface area contributed by atoms with Crippen LogP contribution in [-0.2, 0) is 80.8 Å². The lowest BCUT2D eigenvalue weighted by Gasteiger charge is -2.72. The van der Waals surface area contributed by atoms with Gasteiger partial charge in [0.2, 0.25) is 6.29 Å². The lowest BCUT2D eigenvalue weighted by atomic mass is 9.32. The Hall–Kier alpha value is -3.22. The molecule has 33 heteroatoms. The highest BCUT2D eigenvalue weighted by Gasteiger charge is 2.74. The Kier molecular flexibility index (Phi) is 22.7. The molecule has 0 aromatic heterocycles. The Labute approximate surface area is 583 Å². The van der Waals surface area contributed by atoms with Gasteiger partial charge in [0.05, 0.1) is 49.1 Å². The van der Waals surface area contributed by atoms with Gasteiger partial charge in [0.15, 0.2) is 49.8 Å². The van der Waals surface area contributed by atoms with E-state index in [1.54, 1.807) is 6.92 Å². The molecule has 40 atom stereocenters. The molecule has 10 fully saturated rings. The number of rotatable bonds is 16. The zero-order chi connectivity index (χ0) is 74.2. The normalized spacial score (nSPS) is 54.3. The van der Waals surface area contributed by atoms with Crippen LogP contribution in [0.2, 0.25) is 0 Å². The third-order valence-electron chi connectivity index (χ3n) is 26.2. The van der Waals surface area contributed by atoms with Gasteiger partial charge in [-0.05, 0) is 112 Å². The van der Waals surface area contributed by atoms with Crippen LogP contribution in [0.5, 0.6) is 0 Å². The van der Waals surface area contributed by atoms with E-state index < -0.39 is 266 Å². The summed E-state index contributed by atoms with van der Waals surface area (Å²) < 4.78 is 79.3. The topological polar surface area (TPSA) is 512 Å². The van der Waals surface area contributed by atoms with Gasteiger partial charge in [-0.25, -0.2) is 4.79 Å². The van der Waals surface area contributed by atoms with Crippen molar-refractivity contribution in [3.63, 3.8) is 0 Å². The van der Waals surface area contributed by atoms with Crippen molar-refractivity contribution in [3.05, 3.63) is 11.6 Å². The maximum absolute atomic E-state index is 16.3. The third kappa shape index (κ3) is 13.2. The van der Waals surface area contributed by atoms with Crippen LogP contribution in [0.25, 0.3) is 0 Å². The van der Waals surface area contributed by atoms with Crippen molar-refractivity contribution in [2.75, 3.05) is 13.2 Å². The van der Waals surface area contributed by atoms with E-state index in [0.717, 1.165) is 18.8 Å². The van der Waals surface area contributed by atoms with Crippen molar-refractivity contribution >= 4 is 24.2 Å². The van der Waals surface area contributed by atoms with Crippen LogP contribution in [0.1, 0.15) is 128 Å². The van der Waals surface area contributed by atoms with E-state index in [1.807, 2.05) is 6.92 Å². The zero-order valence-corrected chi connectivity index (χ0v) is 58.5. The van der Waals surface area contributed by atoms with E-state index in [0.29, 0.717) is 32.1 Å². The van der Waals surface area contributed by atoms with Crippen molar-refractivity contribution in [2.45, 2.75) is 318 Å². The summed E-state index contributed by atoms with van der Waals surface area (Å²) in [6.45, 7) is 18.4. The number of carboxylic acids is 1. The van der Waals surface area contributed by atoms with Gasteiger partial charge in [0, 0.05) is 12.8 Å². The lowest BCUT2D eigenvalue weighted by molar-refractivity contribution is -0.390. The predicted molar refractivity (Wildman–Crippen MR) is 334 cm³/mol. The average Bonchev–Trinajstić information content (AvgIpc) is 0.667. The minimum Gasteiger partial charge on any atom is -0.479 e. The first kappa shape index (κ1) is 78.8. The van der Waals surface area contributed by atoms with Gasteiger partial charge in [-0.2, -0.15) is 0 Å². The third-order valence-corrected chi connectivity index (χ3v) is 26.2. The Morgan fingerprint density at radius 3 is 1.74 bits per heavy atom. The minimum absolute atomic E-state index is 0.0186. The first-order valence-corrected chi connectivity index (χ1v) is 35.3. The molecule has 33 nitrogen and oxygen atoms in total. The molecular formula is C68H106O33. The van der Waals surface area contributed by atoms with Crippen LogP contribution in [0.15, 0.2) is 11.6 Å². The second-order valence-corrected chi connectivity index (χ2v) is 32.1. The largest absolute Gasteiger partial charge is 0.479 e. The summed E-state index contributed by atoms with van der Waals surface area (Å²) in [7, 11) is 0. The molecule has 101 heavy (non-hydrogen) atoms. The average molecular weight is 1450 g/mol. The number of aldehydes is 1.